The summed E-state index contributed by atoms with van der Waals surface area (Å²) in [5.74, 6) is 0. The zero-order valence-corrected chi connectivity index (χ0v) is 12.8. The molecule has 0 aromatic heterocycles. The van der Waals surface area contributed by atoms with Gasteiger partial charge < -0.3 is 0 Å². The van der Waals surface area contributed by atoms with Crippen molar-refractivity contribution in [3.8, 4) is 17.2 Å². The van der Waals surface area contributed by atoms with Gasteiger partial charge in [0.25, 0.3) is 0 Å². The average molecular weight is 285 g/mol. The average Bonchev–Trinajstić information content (AvgIpc) is 2.63. The summed E-state index contributed by atoms with van der Waals surface area (Å²) in [7, 11) is 0. The van der Waals surface area contributed by atoms with Gasteiger partial charge in [-0.15, -0.1) is 0 Å². The highest BCUT2D eigenvalue weighted by molar-refractivity contribution is 5.77. The molecule has 0 N–H and O–H groups in total. The number of hydrogen-bond donors (Lipinski definition) is 0. The van der Waals surface area contributed by atoms with E-state index >= 15 is 0 Å². The molecule has 22 heavy (non-hydrogen) atoms. The molecule has 3 rings (SSSR count). The summed E-state index contributed by atoms with van der Waals surface area (Å²) in [4.78, 5) is 0. The Bertz CT molecular complexity index is 745. The van der Waals surface area contributed by atoms with E-state index < -0.39 is 0 Å². The lowest BCUT2D eigenvalue weighted by Crippen LogP contribution is -2.15. The van der Waals surface area contributed by atoms with E-state index in [2.05, 4.69) is 79.8 Å². The Kier molecular flexibility index (Phi) is 3.94. The molecule has 0 radical (unpaired) electrons. The molecular formula is C21H19N. The number of nitriles is 1. The lowest BCUT2D eigenvalue weighted by molar-refractivity contribution is 0.492. The summed E-state index contributed by atoms with van der Waals surface area (Å²) in [6.45, 7) is 2.07. The number of rotatable bonds is 3. The monoisotopic (exact) mass is 285 g/mol. The van der Waals surface area contributed by atoms with Crippen LogP contribution in [-0.2, 0) is 0 Å². The fraction of sp³-hybridized carbons (Fsp3) is 0.190. The molecule has 2 aromatic rings. The highest BCUT2D eigenvalue weighted by atomic mass is 14.4. The maximum Gasteiger partial charge on any atom is 0.0788 e. The van der Waals surface area contributed by atoms with Crippen molar-refractivity contribution in [3.63, 3.8) is 0 Å². The minimum Gasteiger partial charge on any atom is -0.197 e. The van der Waals surface area contributed by atoms with Gasteiger partial charge in [0.05, 0.1) is 11.5 Å². The van der Waals surface area contributed by atoms with Crippen molar-refractivity contribution in [3.05, 3.63) is 78.4 Å². The van der Waals surface area contributed by atoms with Crippen LogP contribution in [-0.4, -0.2) is 0 Å². The van der Waals surface area contributed by atoms with Crippen LogP contribution >= 0.6 is 0 Å². The second-order valence-electron chi connectivity index (χ2n) is 5.76. The summed E-state index contributed by atoms with van der Waals surface area (Å²) in [5, 5.41) is 9.33. The Labute approximate surface area is 132 Å². The van der Waals surface area contributed by atoms with E-state index in [0.717, 1.165) is 12.8 Å². The van der Waals surface area contributed by atoms with Gasteiger partial charge in [0, 0.05) is 0 Å². The SMILES string of the molecule is CCC1(C#N)C=CC(c2ccc(-c3ccccc3)cc2)=CC1. The molecule has 0 spiro atoms. The topological polar surface area (TPSA) is 23.8 Å². The van der Waals surface area contributed by atoms with E-state index in [1.807, 2.05) is 6.07 Å². The van der Waals surface area contributed by atoms with Crippen molar-refractivity contribution in [1.82, 2.24) is 0 Å². The zero-order valence-electron chi connectivity index (χ0n) is 12.8. The number of allylic oxidation sites excluding steroid dienone is 4. The van der Waals surface area contributed by atoms with Crippen molar-refractivity contribution < 1.29 is 0 Å². The van der Waals surface area contributed by atoms with Crippen LogP contribution in [0, 0.1) is 16.7 Å². The first-order chi connectivity index (χ1) is 10.8. The summed E-state index contributed by atoms with van der Waals surface area (Å²) in [6.07, 6.45) is 7.99. The van der Waals surface area contributed by atoms with Crippen molar-refractivity contribution in [2.75, 3.05) is 0 Å². The molecular weight excluding hydrogens is 266 g/mol. The third-order valence-corrected chi connectivity index (χ3v) is 4.45. The van der Waals surface area contributed by atoms with Gasteiger partial charge >= 0.3 is 0 Å². The smallest absolute Gasteiger partial charge is 0.0788 e. The van der Waals surface area contributed by atoms with Crippen molar-refractivity contribution >= 4 is 5.57 Å². The van der Waals surface area contributed by atoms with Crippen LogP contribution < -0.4 is 0 Å². The number of benzene rings is 2. The predicted molar refractivity (Wildman–Crippen MR) is 91.9 cm³/mol. The molecule has 0 fully saturated rings. The van der Waals surface area contributed by atoms with Crippen LogP contribution in [0.5, 0.6) is 0 Å². The van der Waals surface area contributed by atoms with Gasteiger partial charge in [-0.3, -0.25) is 0 Å². The van der Waals surface area contributed by atoms with Crippen molar-refractivity contribution in [1.29, 1.82) is 5.26 Å². The molecule has 0 aliphatic heterocycles. The van der Waals surface area contributed by atoms with Crippen LogP contribution in [0.15, 0.2) is 72.8 Å². The van der Waals surface area contributed by atoms with Gasteiger partial charge in [0.2, 0.25) is 0 Å². The molecule has 1 unspecified atom stereocenters. The van der Waals surface area contributed by atoms with Crippen LogP contribution in [0.1, 0.15) is 25.3 Å². The largest absolute Gasteiger partial charge is 0.197 e. The Morgan fingerprint density at radius 3 is 2.14 bits per heavy atom. The Balaban J connectivity index is 1.82. The highest BCUT2D eigenvalue weighted by Gasteiger charge is 2.25. The highest BCUT2D eigenvalue weighted by Crippen LogP contribution is 2.35. The third kappa shape index (κ3) is 2.73. The first kappa shape index (κ1) is 14.4. The van der Waals surface area contributed by atoms with Gasteiger partial charge in [0.1, 0.15) is 0 Å². The minimum absolute atomic E-state index is 0.312. The summed E-state index contributed by atoms with van der Waals surface area (Å²) < 4.78 is 0. The van der Waals surface area contributed by atoms with Crippen LogP contribution in [0.25, 0.3) is 16.7 Å². The summed E-state index contributed by atoms with van der Waals surface area (Å²) in [6, 6.07) is 21.5. The first-order valence-corrected chi connectivity index (χ1v) is 7.73. The maximum atomic E-state index is 9.33. The standard InChI is InChI=1S/C21H19N/c1-2-21(16-22)14-12-20(13-15-21)19-10-8-18(9-11-19)17-6-4-3-5-7-17/h3-14H,2,15H2,1H3. The molecule has 1 aliphatic carbocycles. The maximum absolute atomic E-state index is 9.33. The van der Waals surface area contributed by atoms with Crippen molar-refractivity contribution in [2.45, 2.75) is 19.8 Å². The molecule has 0 bridgehead atoms. The predicted octanol–water partition coefficient (Wildman–Crippen LogP) is 5.62. The van der Waals surface area contributed by atoms with Gasteiger partial charge in [0.15, 0.2) is 0 Å². The molecule has 0 amide bonds. The molecule has 1 aliphatic rings. The van der Waals surface area contributed by atoms with Gasteiger partial charge in [-0.05, 0) is 35.1 Å². The quantitative estimate of drug-likeness (QED) is 0.718. The fourth-order valence-electron chi connectivity index (χ4n) is 2.80. The van der Waals surface area contributed by atoms with Crippen LogP contribution in [0.3, 0.4) is 0 Å². The second-order valence-corrected chi connectivity index (χ2v) is 5.76. The molecule has 0 heterocycles. The Morgan fingerprint density at radius 2 is 1.59 bits per heavy atom. The van der Waals surface area contributed by atoms with Gasteiger partial charge in [-0.1, -0.05) is 79.7 Å². The molecule has 2 aromatic carbocycles. The van der Waals surface area contributed by atoms with Crippen LogP contribution in [0.4, 0.5) is 0 Å². The van der Waals surface area contributed by atoms with Gasteiger partial charge in [-0.25, -0.2) is 0 Å². The summed E-state index contributed by atoms with van der Waals surface area (Å²) in [5.41, 5.74) is 4.56. The van der Waals surface area contributed by atoms with E-state index in [-0.39, 0.29) is 5.41 Å². The molecule has 108 valence electrons. The lowest BCUT2D eigenvalue weighted by Gasteiger charge is -2.23. The molecule has 1 atom stereocenters. The zero-order chi connectivity index (χ0) is 15.4. The molecule has 1 heteroatoms. The second kappa shape index (κ2) is 6.03. The minimum atomic E-state index is -0.312. The van der Waals surface area contributed by atoms with Crippen LogP contribution in [0.2, 0.25) is 0 Å². The van der Waals surface area contributed by atoms with E-state index in [9.17, 15) is 5.26 Å². The fourth-order valence-corrected chi connectivity index (χ4v) is 2.80. The normalized spacial score (nSPS) is 20.3. The van der Waals surface area contributed by atoms with E-state index in [1.54, 1.807) is 0 Å². The number of nitrogens with zero attached hydrogens (tertiary/aromatic N) is 1. The molecule has 0 saturated heterocycles. The lowest BCUT2D eigenvalue weighted by atomic mass is 9.78. The third-order valence-electron chi connectivity index (χ3n) is 4.45. The summed E-state index contributed by atoms with van der Waals surface area (Å²) >= 11 is 0. The Morgan fingerprint density at radius 1 is 0.955 bits per heavy atom. The van der Waals surface area contributed by atoms with E-state index in [0.29, 0.717) is 0 Å². The first-order valence-electron chi connectivity index (χ1n) is 7.73. The van der Waals surface area contributed by atoms with Crippen molar-refractivity contribution in [2.24, 2.45) is 5.41 Å². The van der Waals surface area contributed by atoms with E-state index in [4.69, 9.17) is 0 Å². The molecule has 0 saturated carbocycles. The van der Waals surface area contributed by atoms with E-state index in [1.165, 1.54) is 22.3 Å². The Hall–Kier alpha value is -2.59. The molecule has 1 nitrogen and oxygen atoms in total. The number of hydrogen-bond acceptors (Lipinski definition) is 1. The van der Waals surface area contributed by atoms with Gasteiger partial charge in [-0.2, -0.15) is 5.26 Å².